The molecular formula is C16H28N2O. The summed E-state index contributed by atoms with van der Waals surface area (Å²) in [6.45, 7) is 12.9. The van der Waals surface area contributed by atoms with Gasteiger partial charge in [0.2, 0.25) is 0 Å². The first-order valence-corrected chi connectivity index (χ1v) is 7.36. The maximum atomic E-state index is 5.71. The van der Waals surface area contributed by atoms with Crippen LogP contribution in [0.4, 0.5) is 0 Å². The molecule has 2 atom stereocenters. The van der Waals surface area contributed by atoms with Crippen LogP contribution in [0.2, 0.25) is 0 Å². The molecular weight excluding hydrogens is 236 g/mol. The van der Waals surface area contributed by atoms with E-state index in [1.165, 1.54) is 12.0 Å². The molecule has 0 aliphatic rings. The van der Waals surface area contributed by atoms with Crippen molar-refractivity contribution in [2.45, 2.75) is 53.1 Å². The van der Waals surface area contributed by atoms with Gasteiger partial charge in [-0.3, -0.25) is 4.98 Å². The Hall–Kier alpha value is -1.09. The van der Waals surface area contributed by atoms with Crippen molar-refractivity contribution in [2.24, 2.45) is 5.92 Å². The first kappa shape index (κ1) is 16.0. The Morgan fingerprint density at radius 3 is 2.58 bits per heavy atom. The minimum Gasteiger partial charge on any atom is -0.489 e. The Labute approximate surface area is 117 Å². The Bertz CT molecular complexity index is 366. The van der Waals surface area contributed by atoms with Crippen LogP contribution in [0.3, 0.4) is 0 Å². The molecule has 3 nitrogen and oxygen atoms in total. The molecule has 1 N–H and O–H groups in total. The van der Waals surface area contributed by atoms with E-state index >= 15 is 0 Å². The molecule has 0 aliphatic heterocycles. The molecule has 3 heteroatoms. The van der Waals surface area contributed by atoms with Crippen molar-refractivity contribution < 1.29 is 4.74 Å². The van der Waals surface area contributed by atoms with Crippen molar-refractivity contribution in [3.05, 3.63) is 24.0 Å². The lowest BCUT2D eigenvalue weighted by atomic mass is 9.90. The summed E-state index contributed by atoms with van der Waals surface area (Å²) in [5, 5.41) is 3.48. The SMILES string of the molecule is CCCNCC(C)C(C)c1cncc(OC(C)C)c1. The summed E-state index contributed by atoms with van der Waals surface area (Å²) in [5.74, 6) is 1.93. The zero-order valence-corrected chi connectivity index (χ0v) is 12.9. The summed E-state index contributed by atoms with van der Waals surface area (Å²) in [6, 6.07) is 2.12. The van der Waals surface area contributed by atoms with Crippen LogP contribution in [0.5, 0.6) is 5.75 Å². The highest BCUT2D eigenvalue weighted by atomic mass is 16.5. The number of aromatic nitrogens is 1. The molecule has 0 radical (unpaired) electrons. The van der Waals surface area contributed by atoms with Gasteiger partial charge in [-0.15, -0.1) is 0 Å². The Balaban J connectivity index is 2.62. The molecule has 0 fully saturated rings. The van der Waals surface area contributed by atoms with Gasteiger partial charge in [0.05, 0.1) is 12.3 Å². The number of rotatable bonds is 8. The van der Waals surface area contributed by atoms with E-state index in [9.17, 15) is 0 Å². The van der Waals surface area contributed by atoms with Crippen molar-refractivity contribution >= 4 is 0 Å². The first-order valence-electron chi connectivity index (χ1n) is 7.36. The second kappa shape index (κ2) is 8.16. The minimum absolute atomic E-state index is 0.191. The molecule has 108 valence electrons. The highest BCUT2D eigenvalue weighted by molar-refractivity contribution is 5.26. The van der Waals surface area contributed by atoms with E-state index in [0.717, 1.165) is 18.8 Å². The zero-order valence-electron chi connectivity index (χ0n) is 12.9. The fraction of sp³-hybridized carbons (Fsp3) is 0.688. The summed E-state index contributed by atoms with van der Waals surface area (Å²) in [6.07, 6.45) is 5.11. The largest absolute Gasteiger partial charge is 0.489 e. The third-order valence-electron chi connectivity index (χ3n) is 3.38. The standard InChI is InChI=1S/C16H28N2O/c1-6-7-17-9-13(4)14(5)15-8-16(11-18-10-15)19-12(2)3/h8,10-14,17H,6-7,9H2,1-5H3. The molecule has 0 saturated carbocycles. The van der Waals surface area contributed by atoms with Gasteiger partial charge < -0.3 is 10.1 Å². The molecule has 1 aromatic heterocycles. The van der Waals surface area contributed by atoms with Gasteiger partial charge in [0.25, 0.3) is 0 Å². The number of ether oxygens (including phenoxy) is 1. The van der Waals surface area contributed by atoms with Crippen LogP contribution in [-0.2, 0) is 0 Å². The fourth-order valence-corrected chi connectivity index (χ4v) is 2.03. The van der Waals surface area contributed by atoms with Crippen LogP contribution >= 0.6 is 0 Å². The number of hydrogen-bond donors (Lipinski definition) is 1. The van der Waals surface area contributed by atoms with Crippen molar-refractivity contribution in [3.8, 4) is 5.75 Å². The fourth-order valence-electron chi connectivity index (χ4n) is 2.03. The molecule has 1 aromatic rings. The van der Waals surface area contributed by atoms with E-state index < -0.39 is 0 Å². The number of pyridine rings is 1. The molecule has 1 rings (SSSR count). The summed E-state index contributed by atoms with van der Waals surface area (Å²) >= 11 is 0. The smallest absolute Gasteiger partial charge is 0.138 e. The summed E-state index contributed by atoms with van der Waals surface area (Å²) < 4.78 is 5.71. The number of hydrogen-bond acceptors (Lipinski definition) is 3. The van der Waals surface area contributed by atoms with Crippen LogP contribution < -0.4 is 10.1 Å². The third kappa shape index (κ3) is 5.60. The van der Waals surface area contributed by atoms with E-state index in [1.807, 2.05) is 20.0 Å². The van der Waals surface area contributed by atoms with Crippen molar-refractivity contribution in [1.82, 2.24) is 10.3 Å². The lowest BCUT2D eigenvalue weighted by Crippen LogP contribution is -2.25. The van der Waals surface area contributed by atoms with Crippen LogP contribution in [0.25, 0.3) is 0 Å². The van der Waals surface area contributed by atoms with Gasteiger partial charge in [0.15, 0.2) is 0 Å². The highest BCUT2D eigenvalue weighted by Gasteiger charge is 2.15. The van der Waals surface area contributed by atoms with Crippen LogP contribution in [0.15, 0.2) is 18.5 Å². The molecule has 2 unspecified atom stereocenters. The predicted molar refractivity (Wildman–Crippen MR) is 80.7 cm³/mol. The lowest BCUT2D eigenvalue weighted by Gasteiger charge is -2.21. The van der Waals surface area contributed by atoms with Crippen molar-refractivity contribution in [2.75, 3.05) is 13.1 Å². The summed E-state index contributed by atoms with van der Waals surface area (Å²) in [5.41, 5.74) is 1.25. The van der Waals surface area contributed by atoms with Gasteiger partial charge >= 0.3 is 0 Å². The monoisotopic (exact) mass is 264 g/mol. The maximum absolute atomic E-state index is 5.71. The van der Waals surface area contributed by atoms with Gasteiger partial charge in [-0.05, 0) is 56.8 Å². The number of nitrogens with zero attached hydrogens (tertiary/aromatic N) is 1. The molecule has 0 aliphatic carbocycles. The minimum atomic E-state index is 0.191. The van der Waals surface area contributed by atoms with E-state index in [4.69, 9.17) is 4.74 Å². The van der Waals surface area contributed by atoms with Crippen molar-refractivity contribution in [1.29, 1.82) is 0 Å². The van der Waals surface area contributed by atoms with Gasteiger partial charge in [0, 0.05) is 6.20 Å². The highest BCUT2D eigenvalue weighted by Crippen LogP contribution is 2.26. The zero-order chi connectivity index (χ0) is 14.3. The van der Waals surface area contributed by atoms with Gasteiger partial charge in [-0.2, -0.15) is 0 Å². The normalized spacial score (nSPS) is 14.4. The van der Waals surface area contributed by atoms with Gasteiger partial charge in [-0.1, -0.05) is 20.8 Å². The molecule has 19 heavy (non-hydrogen) atoms. The summed E-state index contributed by atoms with van der Waals surface area (Å²) in [7, 11) is 0. The van der Waals surface area contributed by atoms with E-state index in [0.29, 0.717) is 11.8 Å². The Morgan fingerprint density at radius 2 is 1.95 bits per heavy atom. The Kier molecular flexibility index (Phi) is 6.85. The average Bonchev–Trinajstić information content (AvgIpc) is 2.37. The molecule has 0 bridgehead atoms. The maximum Gasteiger partial charge on any atom is 0.138 e. The molecule has 0 spiro atoms. The van der Waals surface area contributed by atoms with Crippen LogP contribution in [-0.4, -0.2) is 24.2 Å². The molecule has 1 heterocycles. The van der Waals surface area contributed by atoms with E-state index in [1.54, 1.807) is 6.20 Å². The molecule has 0 aromatic carbocycles. The van der Waals surface area contributed by atoms with Gasteiger partial charge in [0.1, 0.15) is 5.75 Å². The molecule has 0 saturated heterocycles. The van der Waals surface area contributed by atoms with Crippen molar-refractivity contribution in [3.63, 3.8) is 0 Å². The topological polar surface area (TPSA) is 34.2 Å². The second-order valence-corrected chi connectivity index (χ2v) is 5.59. The van der Waals surface area contributed by atoms with Crippen LogP contribution in [0.1, 0.15) is 52.5 Å². The van der Waals surface area contributed by atoms with Gasteiger partial charge in [-0.25, -0.2) is 0 Å². The molecule has 0 amide bonds. The summed E-state index contributed by atoms with van der Waals surface area (Å²) in [4.78, 5) is 4.29. The average molecular weight is 264 g/mol. The third-order valence-corrected chi connectivity index (χ3v) is 3.38. The van der Waals surface area contributed by atoms with E-state index in [-0.39, 0.29) is 6.10 Å². The number of nitrogens with one attached hydrogen (secondary N) is 1. The van der Waals surface area contributed by atoms with E-state index in [2.05, 4.69) is 37.1 Å². The predicted octanol–water partition coefficient (Wildman–Crippen LogP) is 3.61. The first-order chi connectivity index (χ1) is 9.04. The lowest BCUT2D eigenvalue weighted by molar-refractivity contribution is 0.241. The second-order valence-electron chi connectivity index (χ2n) is 5.59. The quantitative estimate of drug-likeness (QED) is 0.728. The van der Waals surface area contributed by atoms with Crippen LogP contribution in [0, 0.1) is 5.92 Å². The Morgan fingerprint density at radius 1 is 1.21 bits per heavy atom.